The normalized spacial score (nSPS) is 16.6. The SMILES string of the molecule is C=CCOc1c(Cl)cc(C=N/N=C2/NC(=O)/C(=C\C(=O)OC)S2)cc1OC. The molecule has 0 spiro atoms. The van der Waals surface area contributed by atoms with E-state index < -0.39 is 11.9 Å². The summed E-state index contributed by atoms with van der Waals surface area (Å²) in [5.74, 6) is -0.241. The summed E-state index contributed by atoms with van der Waals surface area (Å²) in [6.45, 7) is 3.87. The number of carbonyl (C=O) groups is 2. The minimum atomic E-state index is -0.627. The monoisotopic (exact) mass is 409 g/mol. The summed E-state index contributed by atoms with van der Waals surface area (Å²) >= 11 is 7.18. The Labute approximate surface area is 164 Å². The molecule has 1 amide bonds. The van der Waals surface area contributed by atoms with E-state index in [0.717, 1.165) is 17.8 Å². The van der Waals surface area contributed by atoms with Crippen molar-refractivity contribution in [2.45, 2.75) is 0 Å². The number of nitrogens with zero attached hydrogens (tertiary/aromatic N) is 2. The second-order valence-electron chi connectivity index (χ2n) is 4.87. The summed E-state index contributed by atoms with van der Waals surface area (Å²) in [6.07, 6.45) is 4.12. The van der Waals surface area contributed by atoms with E-state index in [1.807, 2.05) is 0 Å². The number of rotatable bonds is 7. The lowest BCUT2D eigenvalue weighted by atomic mass is 10.2. The van der Waals surface area contributed by atoms with Gasteiger partial charge in [-0.2, -0.15) is 5.10 Å². The number of benzene rings is 1. The molecule has 0 bridgehead atoms. The summed E-state index contributed by atoms with van der Waals surface area (Å²) in [5.41, 5.74) is 0.617. The average molecular weight is 410 g/mol. The number of thioether (sulfide) groups is 1. The topological polar surface area (TPSA) is 98.6 Å². The van der Waals surface area contributed by atoms with Crippen LogP contribution in [0.15, 0.2) is 46.0 Å². The molecule has 0 aromatic heterocycles. The molecule has 0 radical (unpaired) electrons. The molecule has 1 aliphatic heterocycles. The predicted molar refractivity (Wildman–Crippen MR) is 105 cm³/mol. The van der Waals surface area contributed by atoms with Crippen molar-refractivity contribution < 1.29 is 23.8 Å². The zero-order valence-corrected chi connectivity index (χ0v) is 16.1. The molecule has 10 heteroatoms. The maximum Gasteiger partial charge on any atom is 0.331 e. The van der Waals surface area contributed by atoms with E-state index in [0.29, 0.717) is 22.1 Å². The Morgan fingerprint density at radius 3 is 2.85 bits per heavy atom. The Morgan fingerprint density at radius 1 is 1.41 bits per heavy atom. The van der Waals surface area contributed by atoms with Gasteiger partial charge in [0.2, 0.25) is 0 Å². The molecule has 0 aliphatic carbocycles. The van der Waals surface area contributed by atoms with Crippen LogP contribution >= 0.6 is 23.4 Å². The molecule has 1 aromatic carbocycles. The van der Waals surface area contributed by atoms with Gasteiger partial charge in [-0.15, -0.1) is 5.10 Å². The maximum atomic E-state index is 11.7. The van der Waals surface area contributed by atoms with Crippen molar-refractivity contribution in [1.29, 1.82) is 0 Å². The number of esters is 1. The molecular formula is C17H16ClN3O5S. The third-order valence-electron chi connectivity index (χ3n) is 3.05. The highest BCUT2D eigenvalue weighted by molar-refractivity contribution is 8.18. The van der Waals surface area contributed by atoms with Crippen molar-refractivity contribution in [3.8, 4) is 11.5 Å². The second-order valence-corrected chi connectivity index (χ2v) is 6.31. The lowest BCUT2D eigenvalue weighted by Crippen LogP contribution is -2.19. The summed E-state index contributed by atoms with van der Waals surface area (Å²) in [7, 11) is 2.72. The molecule has 1 N–H and O–H groups in total. The highest BCUT2D eigenvalue weighted by atomic mass is 35.5. The van der Waals surface area contributed by atoms with Crippen LogP contribution in [0.4, 0.5) is 0 Å². The zero-order chi connectivity index (χ0) is 19.8. The molecular weight excluding hydrogens is 394 g/mol. The van der Waals surface area contributed by atoms with Crippen LogP contribution in [0.3, 0.4) is 0 Å². The van der Waals surface area contributed by atoms with Gasteiger partial charge in [0.1, 0.15) is 6.61 Å². The van der Waals surface area contributed by atoms with Crippen LogP contribution in [-0.4, -0.2) is 44.1 Å². The Balaban J connectivity index is 2.14. The van der Waals surface area contributed by atoms with Crippen LogP contribution in [-0.2, 0) is 14.3 Å². The van der Waals surface area contributed by atoms with E-state index in [-0.39, 0.29) is 16.7 Å². The number of halogens is 1. The molecule has 142 valence electrons. The third-order valence-corrected chi connectivity index (χ3v) is 4.23. The number of amides is 1. The van der Waals surface area contributed by atoms with Crippen molar-refractivity contribution in [1.82, 2.24) is 5.32 Å². The van der Waals surface area contributed by atoms with Crippen LogP contribution in [0.5, 0.6) is 11.5 Å². The lowest BCUT2D eigenvalue weighted by Gasteiger charge is -2.11. The van der Waals surface area contributed by atoms with E-state index in [2.05, 4.69) is 26.8 Å². The number of amidine groups is 1. The quantitative estimate of drug-likeness (QED) is 0.244. The van der Waals surface area contributed by atoms with Crippen molar-refractivity contribution in [2.24, 2.45) is 10.2 Å². The fraction of sp³-hybridized carbons (Fsp3) is 0.176. The number of hydrogen-bond acceptors (Lipinski definition) is 8. The van der Waals surface area contributed by atoms with Crippen LogP contribution in [0.25, 0.3) is 0 Å². The van der Waals surface area contributed by atoms with Gasteiger partial charge in [0.25, 0.3) is 5.91 Å². The first kappa shape index (κ1) is 20.5. The lowest BCUT2D eigenvalue weighted by molar-refractivity contribution is -0.135. The smallest absolute Gasteiger partial charge is 0.331 e. The molecule has 1 aliphatic rings. The molecule has 27 heavy (non-hydrogen) atoms. The standard InChI is InChI=1S/C17H16ClN3O5S/c1-4-5-26-15-11(18)6-10(7-12(15)24-2)9-19-21-17-20-16(23)13(27-17)8-14(22)25-3/h4,6-9H,1,5H2,2-3H3,(H,20,21,23)/b13-8+,19-9?. The minimum Gasteiger partial charge on any atom is -0.493 e. The Morgan fingerprint density at radius 2 is 2.19 bits per heavy atom. The molecule has 8 nitrogen and oxygen atoms in total. The maximum absolute atomic E-state index is 11.7. The summed E-state index contributed by atoms with van der Waals surface area (Å²) in [4.78, 5) is 23.1. The fourth-order valence-corrected chi connectivity index (χ4v) is 2.90. The molecule has 1 fully saturated rings. The summed E-state index contributed by atoms with van der Waals surface area (Å²) < 4.78 is 15.2. The summed E-state index contributed by atoms with van der Waals surface area (Å²) in [6, 6.07) is 3.31. The highest BCUT2D eigenvalue weighted by Crippen LogP contribution is 2.36. The van der Waals surface area contributed by atoms with E-state index in [1.165, 1.54) is 20.4 Å². The van der Waals surface area contributed by atoms with Gasteiger partial charge < -0.3 is 14.2 Å². The van der Waals surface area contributed by atoms with Gasteiger partial charge in [0.05, 0.1) is 30.4 Å². The third kappa shape index (κ3) is 5.60. The highest BCUT2D eigenvalue weighted by Gasteiger charge is 2.25. The van der Waals surface area contributed by atoms with Crippen LogP contribution < -0.4 is 14.8 Å². The van der Waals surface area contributed by atoms with Crippen LogP contribution in [0.2, 0.25) is 5.02 Å². The van der Waals surface area contributed by atoms with Gasteiger partial charge in [0, 0.05) is 11.6 Å². The zero-order valence-electron chi connectivity index (χ0n) is 14.5. The van der Waals surface area contributed by atoms with Gasteiger partial charge >= 0.3 is 5.97 Å². The van der Waals surface area contributed by atoms with E-state index in [9.17, 15) is 9.59 Å². The number of ether oxygens (including phenoxy) is 3. The molecule has 2 rings (SSSR count). The van der Waals surface area contributed by atoms with Crippen molar-refractivity contribution in [3.05, 3.63) is 46.4 Å². The van der Waals surface area contributed by atoms with Gasteiger partial charge in [-0.25, -0.2) is 4.79 Å². The molecule has 1 heterocycles. The Hall–Kier alpha value is -2.78. The number of nitrogens with one attached hydrogen (secondary N) is 1. The van der Waals surface area contributed by atoms with E-state index >= 15 is 0 Å². The van der Waals surface area contributed by atoms with E-state index in [1.54, 1.807) is 18.2 Å². The first-order chi connectivity index (χ1) is 13.0. The summed E-state index contributed by atoms with van der Waals surface area (Å²) in [5, 5.41) is 10.9. The number of methoxy groups -OCH3 is 2. The second kappa shape index (κ2) is 9.79. The Bertz CT molecular complexity index is 851. The van der Waals surface area contributed by atoms with Crippen molar-refractivity contribution >= 4 is 46.6 Å². The van der Waals surface area contributed by atoms with Crippen molar-refractivity contribution in [2.75, 3.05) is 20.8 Å². The Kier molecular flexibility index (Phi) is 7.44. The first-order valence-corrected chi connectivity index (χ1v) is 8.69. The van der Waals surface area contributed by atoms with Gasteiger partial charge in [-0.05, 0) is 23.9 Å². The first-order valence-electron chi connectivity index (χ1n) is 7.49. The largest absolute Gasteiger partial charge is 0.493 e. The average Bonchev–Trinajstić information content (AvgIpc) is 2.99. The minimum absolute atomic E-state index is 0.171. The van der Waals surface area contributed by atoms with Gasteiger partial charge in [-0.1, -0.05) is 24.3 Å². The van der Waals surface area contributed by atoms with Gasteiger partial charge in [-0.3, -0.25) is 10.1 Å². The van der Waals surface area contributed by atoms with Crippen LogP contribution in [0, 0.1) is 0 Å². The number of hydrogen-bond donors (Lipinski definition) is 1. The molecule has 0 unspecified atom stereocenters. The molecule has 1 saturated heterocycles. The molecule has 0 saturated carbocycles. The van der Waals surface area contributed by atoms with Gasteiger partial charge in [0.15, 0.2) is 16.7 Å². The van der Waals surface area contributed by atoms with Crippen molar-refractivity contribution in [3.63, 3.8) is 0 Å². The fourth-order valence-electron chi connectivity index (χ4n) is 1.89. The number of carbonyl (C=O) groups excluding carboxylic acids is 2. The molecule has 1 aromatic rings. The van der Waals surface area contributed by atoms with Crippen LogP contribution in [0.1, 0.15) is 5.56 Å². The predicted octanol–water partition coefficient (Wildman–Crippen LogP) is 2.52. The molecule has 0 atom stereocenters. The van der Waals surface area contributed by atoms with E-state index in [4.69, 9.17) is 21.1 Å².